The molecule has 0 fully saturated rings. The summed E-state index contributed by atoms with van der Waals surface area (Å²) in [6.07, 6.45) is 2.18. The first-order chi connectivity index (χ1) is 21.6. The van der Waals surface area contributed by atoms with Crippen LogP contribution in [0.25, 0.3) is 71.1 Å². The summed E-state index contributed by atoms with van der Waals surface area (Å²) in [5, 5.41) is 9.38. The van der Waals surface area contributed by atoms with E-state index < -0.39 is 0 Å². The van der Waals surface area contributed by atoms with Crippen LogP contribution in [0, 0.1) is 6.92 Å². The van der Waals surface area contributed by atoms with Gasteiger partial charge in [0, 0.05) is 27.9 Å². The van der Waals surface area contributed by atoms with Crippen LogP contribution < -0.4 is 4.57 Å². The molecule has 0 saturated carbocycles. The van der Waals surface area contributed by atoms with Gasteiger partial charge in [0.1, 0.15) is 7.05 Å². The van der Waals surface area contributed by atoms with Gasteiger partial charge in [0.15, 0.2) is 6.20 Å². The fourth-order valence-corrected chi connectivity index (χ4v) is 7.07. The highest BCUT2D eigenvalue weighted by Gasteiger charge is 2.25. The molecule has 0 saturated heterocycles. The van der Waals surface area contributed by atoms with E-state index in [0.717, 1.165) is 32.9 Å². The number of fused-ring (bicyclic) bond motifs is 7. The highest BCUT2D eigenvalue weighted by Crippen LogP contribution is 2.40. The zero-order chi connectivity index (χ0) is 31.2. The van der Waals surface area contributed by atoms with Gasteiger partial charge in [-0.2, -0.15) is 0 Å². The summed E-state index contributed by atoms with van der Waals surface area (Å²) in [6.45, 7) is 9.15. The highest BCUT2D eigenvalue weighted by molar-refractivity contribution is 6.13. The molecule has 0 bridgehead atoms. The number of rotatable bonds is 2. The molecule has 8 rings (SSSR count). The lowest BCUT2D eigenvalue weighted by atomic mass is 9.80. The minimum Gasteiger partial charge on any atom is -0.309 e. The van der Waals surface area contributed by atoms with Crippen LogP contribution in [0.1, 0.15) is 34.6 Å². The van der Waals surface area contributed by atoms with Crippen LogP contribution in [0.5, 0.6) is 0 Å². The standard InChI is InChI=1S/C41H35N2/c1-26-29-12-6-7-13-32(29)37(41(2,3)4)25-36(26)40-35-20-18-27-24-28(19-21-30(27)31(35)22-23-42(40)5)43-38-16-10-8-14-33(38)34-15-9-11-17-39(34)43/h6-25H,1-5H3/q+1/i16D,17D. The Morgan fingerprint density at radius 2 is 1.26 bits per heavy atom. The van der Waals surface area contributed by atoms with E-state index in [2.05, 4.69) is 129 Å². The summed E-state index contributed by atoms with van der Waals surface area (Å²) >= 11 is 0. The SMILES string of the molecule is [2H]c1cccc2c3cccc([2H])c3n(-c3ccc4c(ccc5c(-c6cc(C(C)(C)C)c7ccccc7c6C)[n+](C)ccc54)c3)c12. The van der Waals surface area contributed by atoms with Crippen molar-refractivity contribution in [3.63, 3.8) is 0 Å². The second-order valence-electron chi connectivity index (χ2n) is 12.8. The van der Waals surface area contributed by atoms with Crippen LogP contribution in [-0.4, -0.2) is 4.57 Å². The highest BCUT2D eigenvalue weighted by atomic mass is 15.0. The first-order valence-corrected chi connectivity index (χ1v) is 15.0. The molecule has 0 spiro atoms. The van der Waals surface area contributed by atoms with E-state index in [4.69, 9.17) is 2.74 Å². The number of aromatic nitrogens is 2. The van der Waals surface area contributed by atoms with Crippen molar-refractivity contribution in [1.82, 2.24) is 4.57 Å². The maximum Gasteiger partial charge on any atom is 0.220 e. The van der Waals surface area contributed by atoms with Gasteiger partial charge < -0.3 is 4.57 Å². The zero-order valence-corrected chi connectivity index (χ0v) is 25.3. The lowest BCUT2D eigenvalue weighted by Crippen LogP contribution is -2.31. The second kappa shape index (κ2) is 9.28. The van der Waals surface area contributed by atoms with Gasteiger partial charge >= 0.3 is 0 Å². The lowest BCUT2D eigenvalue weighted by molar-refractivity contribution is -0.659. The average Bonchev–Trinajstić information content (AvgIpc) is 3.37. The van der Waals surface area contributed by atoms with E-state index in [1.807, 2.05) is 24.3 Å². The number of hydrogen-bond donors (Lipinski definition) is 0. The van der Waals surface area contributed by atoms with E-state index in [1.54, 1.807) is 0 Å². The Kier molecular flexibility index (Phi) is 5.09. The van der Waals surface area contributed by atoms with E-state index >= 15 is 0 Å². The summed E-state index contributed by atoms with van der Waals surface area (Å²) in [5.74, 6) is 0. The van der Waals surface area contributed by atoms with Crippen LogP contribution >= 0.6 is 0 Å². The van der Waals surface area contributed by atoms with Gasteiger partial charge in [0.05, 0.1) is 24.7 Å². The normalized spacial score (nSPS) is 13.0. The molecule has 0 aliphatic carbocycles. The average molecular weight is 558 g/mol. The maximum atomic E-state index is 8.79. The molecule has 43 heavy (non-hydrogen) atoms. The third-order valence-electron chi connectivity index (χ3n) is 9.16. The van der Waals surface area contributed by atoms with Crippen molar-refractivity contribution in [2.45, 2.75) is 33.1 Å². The van der Waals surface area contributed by atoms with Gasteiger partial charge in [0.2, 0.25) is 5.69 Å². The van der Waals surface area contributed by atoms with Gasteiger partial charge in [-0.05, 0) is 81.4 Å². The monoisotopic (exact) mass is 557 g/mol. The summed E-state index contributed by atoms with van der Waals surface area (Å²) in [7, 11) is 2.15. The van der Waals surface area contributed by atoms with Crippen molar-refractivity contribution in [1.29, 1.82) is 0 Å². The molecule has 0 aliphatic rings. The third kappa shape index (κ3) is 3.83. The van der Waals surface area contributed by atoms with E-state index in [0.29, 0.717) is 12.1 Å². The van der Waals surface area contributed by atoms with Crippen molar-refractivity contribution in [2.24, 2.45) is 7.05 Å². The van der Waals surface area contributed by atoms with Crippen molar-refractivity contribution in [3.05, 3.63) is 133 Å². The van der Waals surface area contributed by atoms with Crippen molar-refractivity contribution < 1.29 is 7.31 Å². The Labute approximate surface area is 255 Å². The molecule has 6 aromatic carbocycles. The minimum atomic E-state index is -0.00105. The minimum absolute atomic E-state index is 0.00105. The van der Waals surface area contributed by atoms with Gasteiger partial charge in [-0.1, -0.05) is 93.6 Å². The van der Waals surface area contributed by atoms with Crippen LogP contribution in [0.2, 0.25) is 0 Å². The molecule has 2 aromatic heterocycles. The molecule has 0 unspecified atom stereocenters. The Morgan fingerprint density at radius 3 is 1.95 bits per heavy atom. The number of benzene rings is 6. The third-order valence-corrected chi connectivity index (χ3v) is 9.16. The first-order valence-electron chi connectivity index (χ1n) is 16.0. The molecule has 2 nitrogen and oxygen atoms in total. The summed E-state index contributed by atoms with van der Waals surface area (Å²) in [6, 6.07) is 37.0. The molecule has 208 valence electrons. The van der Waals surface area contributed by atoms with Crippen LogP contribution in [-0.2, 0) is 12.5 Å². The number of aryl methyl sites for hydroxylation is 2. The van der Waals surface area contributed by atoms with Crippen LogP contribution in [0.3, 0.4) is 0 Å². The number of pyridine rings is 1. The molecular weight excluding hydrogens is 520 g/mol. The van der Waals surface area contributed by atoms with Crippen LogP contribution in [0.15, 0.2) is 121 Å². The van der Waals surface area contributed by atoms with Crippen molar-refractivity contribution >= 4 is 54.1 Å². The Bertz CT molecular complexity index is 2450. The topological polar surface area (TPSA) is 8.81 Å². The molecule has 0 atom stereocenters. The predicted octanol–water partition coefficient (Wildman–Crippen LogP) is 10.3. The molecule has 2 heterocycles. The fraction of sp³-hybridized carbons (Fsp3) is 0.146. The Hall–Kier alpha value is -4.95. The van der Waals surface area contributed by atoms with Crippen LogP contribution in [0.4, 0.5) is 0 Å². The van der Waals surface area contributed by atoms with Crippen molar-refractivity contribution in [3.8, 4) is 16.9 Å². The fourth-order valence-electron chi connectivity index (χ4n) is 7.07. The van der Waals surface area contributed by atoms with Gasteiger partial charge in [-0.15, -0.1) is 0 Å². The Morgan fingerprint density at radius 1 is 0.628 bits per heavy atom. The quantitative estimate of drug-likeness (QED) is 0.148. The zero-order valence-electron chi connectivity index (χ0n) is 27.3. The predicted molar refractivity (Wildman–Crippen MR) is 183 cm³/mol. The molecular formula is C41H35N2+. The Balaban J connectivity index is 1.39. The first kappa shape index (κ1) is 23.6. The van der Waals surface area contributed by atoms with Crippen molar-refractivity contribution in [2.75, 3.05) is 0 Å². The lowest BCUT2D eigenvalue weighted by Gasteiger charge is -2.24. The van der Waals surface area contributed by atoms with E-state index in [-0.39, 0.29) is 5.41 Å². The van der Waals surface area contributed by atoms with Gasteiger partial charge in [0.25, 0.3) is 0 Å². The number of para-hydroxylation sites is 2. The largest absolute Gasteiger partial charge is 0.309 e. The smallest absolute Gasteiger partial charge is 0.220 e. The molecule has 8 aromatic rings. The molecule has 0 N–H and O–H groups in total. The van der Waals surface area contributed by atoms with E-state index in [9.17, 15) is 0 Å². The molecule has 0 aliphatic heterocycles. The summed E-state index contributed by atoms with van der Waals surface area (Å²) in [5.41, 5.74) is 7.76. The maximum absolute atomic E-state index is 8.79. The molecule has 0 amide bonds. The summed E-state index contributed by atoms with van der Waals surface area (Å²) in [4.78, 5) is 0. The molecule has 0 radical (unpaired) electrons. The van der Waals surface area contributed by atoms with Gasteiger partial charge in [-0.3, -0.25) is 0 Å². The van der Waals surface area contributed by atoms with E-state index in [1.165, 1.54) is 49.3 Å². The molecule has 2 heteroatoms. The van der Waals surface area contributed by atoms with Gasteiger partial charge in [-0.25, -0.2) is 4.57 Å². The summed E-state index contributed by atoms with van der Waals surface area (Å²) < 4.78 is 21.9. The number of hydrogen-bond acceptors (Lipinski definition) is 0. The number of nitrogens with zero attached hydrogens (tertiary/aromatic N) is 2. The second-order valence-corrected chi connectivity index (χ2v) is 12.8.